The lowest BCUT2D eigenvalue weighted by Crippen LogP contribution is -2.57. The smallest absolute Gasteiger partial charge is 0.336 e. The Balaban J connectivity index is 2.28. The standard InChI is InChI=1S/C19H22N2O6S/c1-5-26-17(22)13-10(3)20-19(4)15(18(23)27-6-2)14(13)11-8-7-9-12(21(24)25)16(11)28-19/h7-9,14-15,20H,5-6H2,1-4H3. The molecule has 0 aliphatic carbocycles. The SMILES string of the molecule is CCOC(=O)C1=C(C)NC2(C)Sc3c(cccc3[N+](=O)[O-])C1C2C(=O)OCC. The monoisotopic (exact) mass is 406 g/mol. The number of nitro benzene ring substituents is 1. The number of allylic oxidation sites excluding steroid dienone is 1. The van der Waals surface area contributed by atoms with Gasteiger partial charge in [0.2, 0.25) is 0 Å². The average Bonchev–Trinajstić information content (AvgIpc) is 2.60. The third kappa shape index (κ3) is 3.13. The zero-order chi connectivity index (χ0) is 20.6. The number of fused-ring (bicyclic) bond motifs is 4. The number of carbonyl (C=O) groups is 2. The largest absolute Gasteiger partial charge is 0.466 e. The molecule has 0 saturated heterocycles. The molecular formula is C19H22N2O6S. The van der Waals surface area contributed by atoms with Crippen LogP contribution < -0.4 is 5.32 Å². The summed E-state index contributed by atoms with van der Waals surface area (Å²) in [6.45, 7) is 7.35. The van der Waals surface area contributed by atoms with Gasteiger partial charge in [-0.05, 0) is 33.3 Å². The number of nitro groups is 1. The minimum absolute atomic E-state index is 0.0504. The van der Waals surface area contributed by atoms with E-state index in [1.54, 1.807) is 39.8 Å². The Morgan fingerprint density at radius 3 is 2.57 bits per heavy atom. The maximum Gasteiger partial charge on any atom is 0.336 e. The number of nitrogens with zero attached hydrogens (tertiary/aromatic N) is 1. The zero-order valence-corrected chi connectivity index (χ0v) is 16.9. The fraction of sp³-hybridized carbons (Fsp3) is 0.474. The van der Waals surface area contributed by atoms with Crippen LogP contribution in [-0.4, -0.2) is 34.9 Å². The van der Waals surface area contributed by atoms with Gasteiger partial charge in [-0.1, -0.05) is 23.9 Å². The Morgan fingerprint density at radius 1 is 1.29 bits per heavy atom. The maximum absolute atomic E-state index is 12.9. The molecule has 2 aliphatic rings. The van der Waals surface area contributed by atoms with Gasteiger partial charge < -0.3 is 14.8 Å². The molecule has 0 radical (unpaired) electrons. The molecule has 3 rings (SSSR count). The van der Waals surface area contributed by atoms with Crippen molar-refractivity contribution >= 4 is 29.4 Å². The molecule has 1 N–H and O–H groups in total. The number of ether oxygens (including phenoxy) is 2. The van der Waals surface area contributed by atoms with E-state index < -0.39 is 33.6 Å². The number of hydrogen-bond donors (Lipinski definition) is 1. The number of carbonyl (C=O) groups excluding carboxylic acids is 2. The fourth-order valence-corrected chi connectivity index (χ4v) is 5.54. The Bertz CT molecular complexity index is 883. The van der Waals surface area contributed by atoms with Crippen LogP contribution in [0.3, 0.4) is 0 Å². The van der Waals surface area contributed by atoms with Crippen LogP contribution in [0.25, 0.3) is 0 Å². The van der Waals surface area contributed by atoms with E-state index in [1.807, 2.05) is 0 Å². The lowest BCUT2D eigenvalue weighted by atomic mass is 9.72. The van der Waals surface area contributed by atoms with Gasteiger partial charge in [-0.15, -0.1) is 0 Å². The first-order valence-electron chi connectivity index (χ1n) is 9.04. The molecule has 0 amide bonds. The molecule has 2 heterocycles. The fourth-order valence-electron chi connectivity index (χ4n) is 4.00. The highest BCUT2D eigenvalue weighted by Crippen LogP contribution is 2.58. The second kappa shape index (κ2) is 7.46. The maximum atomic E-state index is 12.9. The molecule has 0 fully saturated rings. The van der Waals surface area contributed by atoms with Crippen molar-refractivity contribution in [3.05, 3.63) is 45.1 Å². The molecule has 0 aromatic heterocycles. The molecule has 3 unspecified atom stereocenters. The Kier molecular flexibility index (Phi) is 5.38. The van der Waals surface area contributed by atoms with Gasteiger partial charge in [0.05, 0.1) is 33.5 Å². The summed E-state index contributed by atoms with van der Waals surface area (Å²) in [6, 6.07) is 4.72. The Hall–Kier alpha value is -2.55. The molecule has 1 aromatic rings. The second-order valence-electron chi connectivity index (χ2n) is 6.75. The summed E-state index contributed by atoms with van der Waals surface area (Å²) in [4.78, 5) is 36.3. The van der Waals surface area contributed by atoms with Gasteiger partial charge in [0, 0.05) is 17.7 Å². The molecule has 9 heteroatoms. The summed E-state index contributed by atoms with van der Waals surface area (Å²) in [5.41, 5.74) is 1.42. The first-order valence-corrected chi connectivity index (χ1v) is 9.85. The number of nitrogens with one attached hydrogen (secondary N) is 1. The van der Waals surface area contributed by atoms with Crippen LogP contribution >= 0.6 is 11.8 Å². The zero-order valence-electron chi connectivity index (χ0n) is 16.1. The molecule has 3 atom stereocenters. The van der Waals surface area contributed by atoms with Crippen molar-refractivity contribution in [2.45, 2.75) is 43.4 Å². The van der Waals surface area contributed by atoms with Crippen LogP contribution in [0.2, 0.25) is 0 Å². The molecule has 1 aromatic carbocycles. The third-order valence-corrected chi connectivity index (χ3v) is 6.41. The van der Waals surface area contributed by atoms with Crippen molar-refractivity contribution in [1.29, 1.82) is 0 Å². The number of hydrogen-bond acceptors (Lipinski definition) is 8. The van der Waals surface area contributed by atoms with Gasteiger partial charge in [0.25, 0.3) is 5.69 Å². The highest BCUT2D eigenvalue weighted by Gasteiger charge is 2.57. The van der Waals surface area contributed by atoms with E-state index in [2.05, 4.69) is 5.32 Å². The van der Waals surface area contributed by atoms with Crippen LogP contribution in [0.1, 0.15) is 39.2 Å². The summed E-state index contributed by atoms with van der Waals surface area (Å²) in [6.07, 6.45) is 0. The van der Waals surface area contributed by atoms with Crippen LogP contribution in [0.5, 0.6) is 0 Å². The quantitative estimate of drug-likeness (QED) is 0.451. The van der Waals surface area contributed by atoms with E-state index in [9.17, 15) is 19.7 Å². The van der Waals surface area contributed by atoms with Gasteiger partial charge in [-0.3, -0.25) is 14.9 Å². The predicted octanol–water partition coefficient (Wildman–Crippen LogP) is 3.12. The molecule has 28 heavy (non-hydrogen) atoms. The molecule has 150 valence electrons. The van der Waals surface area contributed by atoms with Crippen molar-refractivity contribution in [3.8, 4) is 0 Å². The Morgan fingerprint density at radius 2 is 1.96 bits per heavy atom. The number of benzene rings is 1. The summed E-state index contributed by atoms with van der Waals surface area (Å²) in [5, 5.41) is 14.8. The van der Waals surface area contributed by atoms with Crippen molar-refractivity contribution in [1.82, 2.24) is 5.32 Å². The minimum Gasteiger partial charge on any atom is -0.466 e. The highest BCUT2D eigenvalue weighted by atomic mass is 32.2. The summed E-state index contributed by atoms with van der Waals surface area (Å²) < 4.78 is 10.5. The van der Waals surface area contributed by atoms with Crippen molar-refractivity contribution in [3.63, 3.8) is 0 Å². The first-order chi connectivity index (χ1) is 13.2. The predicted molar refractivity (Wildman–Crippen MR) is 103 cm³/mol. The third-order valence-electron chi connectivity index (χ3n) is 4.98. The van der Waals surface area contributed by atoms with Crippen molar-refractivity contribution in [2.24, 2.45) is 5.92 Å². The topological polar surface area (TPSA) is 108 Å². The van der Waals surface area contributed by atoms with E-state index in [-0.39, 0.29) is 18.9 Å². The molecule has 0 spiro atoms. The van der Waals surface area contributed by atoms with Gasteiger partial charge in [-0.2, -0.15) is 0 Å². The number of esters is 2. The minimum atomic E-state index is -0.907. The molecule has 2 bridgehead atoms. The normalized spacial score (nSPS) is 25.4. The van der Waals surface area contributed by atoms with Gasteiger partial charge >= 0.3 is 11.9 Å². The van der Waals surface area contributed by atoms with Crippen molar-refractivity contribution in [2.75, 3.05) is 13.2 Å². The number of rotatable bonds is 5. The first kappa shape index (κ1) is 20.2. The van der Waals surface area contributed by atoms with E-state index in [0.717, 1.165) is 0 Å². The van der Waals surface area contributed by atoms with Crippen LogP contribution in [0.4, 0.5) is 5.69 Å². The Labute approximate surface area is 166 Å². The summed E-state index contributed by atoms with van der Waals surface area (Å²) in [7, 11) is 0. The average molecular weight is 406 g/mol. The highest BCUT2D eigenvalue weighted by molar-refractivity contribution is 8.01. The lowest BCUT2D eigenvalue weighted by Gasteiger charge is -2.49. The van der Waals surface area contributed by atoms with Gasteiger partial charge in [0.1, 0.15) is 5.92 Å². The van der Waals surface area contributed by atoms with Crippen LogP contribution in [0, 0.1) is 16.0 Å². The lowest BCUT2D eigenvalue weighted by molar-refractivity contribution is -0.387. The van der Waals surface area contributed by atoms with E-state index in [4.69, 9.17) is 9.47 Å². The van der Waals surface area contributed by atoms with E-state index in [1.165, 1.54) is 17.8 Å². The molecule has 0 saturated carbocycles. The van der Waals surface area contributed by atoms with Crippen LogP contribution in [-0.2, 0) is 19.1 Å². The van der Waals surface area contributed by atoms with Crippen molar-refractivity contribution < 1.29 is 24.0 Å². The molecule has 8 nitrogen and oxygen atoms in total. The molecule has 2 aliphatic heterocycles. The van der Waals surface area contributed by atoms with E-state index >= 15 is 0 Å². The summed E-state index contributed by atoms with van der Waals surface area (Å²) >= 11 is 1.22. The second-order valence-corrected chi connectivity index (χ2v) is 8.21. The number of thioether (sulfide) groups is 1. The summed E-state index contributed by atoms with van der Waals surface area (Å²) in [5.74, 6) is -2.43. The van der Waals surface area contributed by atoms with E-state index in [0.29, 0.717) is 21.7 Å². The van der Waals surface area contributed by atoms with Crippen LogP contribution in [0.15, 0.2) is 34.4 Å². The van der Waals surface area contributed by atoms with Gasteiger partial charge in [0.15, 0.2) is 0 Å². The molecular weight excluding hydrogens is 384 g/mol. The van der Waals surface area contributed by atoms with Gasteiger partial charge in [-0.25, -0.2) is 4.79 Å².